The summed E-state index contributed by atoms with van der Waals surface area (Å²) in [6, 6.07) is -0.363. The Labute approximate surface area is 127 Å². The van der Waals surface area contributed by atoms with Crippen LogP contribution in [0.2, 0.25) is 0 Å². The molecule has 5 nitrogen and oxygen atoms in total. The number of hydrogen-bond donors (Lipinski definition) is 3. The van der Waals surface area contributed by atoms with Gasteiger partial charge >= 0.3 is 5.97 Å². The molecule has 122 valence electrons. The van der Waals surface area contributed by atoms with Crippen molar-refractivity contribution in [1.82, 2.24) is 10.6 Å². The lowest BCUT2D eigenvalue weighted by Gasteiger charge is -2.39. The zero-order valence-electron chi connectivity index (χ0n) is 14.0. The molecule has 1 saturated heterocycles. The topological polar surface area (TPSA) is 78.4 Å². The Morgan fingerprint density at radius 2 is 1.90 bits per heavy atom. The Hall–Kier alpha value is -1.10. The van der Waals surface area contributed by atoms with Crippen LogP contribution in [-0.2, 0) is 9.59 Å². The summed E-state index contributed by atoms with van der Waals surface area (Å²) >= 11 is 0. The number of hydrogen-bond acceptors (Lipinski definition) is 3. The fourth-order valence-electron chi connectivity index (χ4n) is 2.75. The maximum atomic E-state index is 12.7. The van der Waals surface area contributed by atoms with Gasteiger partial charge in [-0.25, -0.2) is 0 Å². The van der Waals surface area contributed by atoms with Crippen LogP contribution in [0.5, 0.6) is 0 Å². The molecule has 0 radical (unpaired) electrons. The van der Waals surface area contributed by atoms with Crippen molar-refractivity contribution in [1.29, 1.82) is 0 Å². The summed E-state index contributed by atoms with van der Waals surface area (Å²) < 4.78 is 0. The van der Waals surface area contributed by atoms with Crippen molar-refractivity contribution < 1.29 is 14.7 Å². The highest BCUT2D eigenvalue weighted by Gasteiger charge is 2.39. The van der Waals surface area contributed by atoms with Crippen LogP contribution in [-0.4, -0.2) is 36.1 Å². The van der Waals surface area contributed by atoms with E-state index in [1.54, 1.807) is 0 Å². The molecule has 1 heterocycles. The van der Waals surface area contributed by atoms with Crippen LogP contribution >= 0.6 is 0 Å². The summed E-state index contributed by atoms with van der Waals surface area (Å²) in [5.74, 6) is -0.638. The van der Waals surface area contributed by atoms with Gasteiger partial charge in [-0.15, -0.1) is 0 Å². The lowest BCUT2D eigenvalue weighted by Crippen LogP contribution is -2.53. The molecule has 5 heteroatoms. The quantitative estimate of drug-likeness (QED) is 0.725. The van der Waals surface area contributed by atoms with E-state index in [1.807, 2.05) is 34.6 Å². The van der Waals surface area contributed by atoms with Gasteiger partial charge in [0.1, 0.15) is 0 Å². The standard InChI is InChI=1S/C16H30N2O3/c1-15(2,3)12(9-13(19)20)18-14(21)16(4,5)11-7-6-8-17-10-11/h11-12,17H,6-10H2,1-5H3,(H,18,21)(H,19,20). The van der Waals surface area contributed by atoms with E-state index in [2.05, 4.69) is 10.6 Å². The molecular weight excluding hydrogens is 268 g/mol. The van der Waals surface area contributed by atoms with Gasteiger partial charge in [0.25, 0.3) is 0 Å². The minimum atomic E-state index is -0.882. The molecule has 0 spiro atoms. The average molecular weight is 298 g/mol. The zero-order valence-corrected chi connectivity index (χ0v) is 14.0. The van der Waals surface area contributed by atoms with Crippen LogP contribution in [0.3, 0.4) is 0 Å². The first kappa shape index (κ1) is 18.0. The van der Waals surface area contributed by atoms with Crippen LogP contribution in [0.4, 0.5) is 0 Å². The smallest absolute Gasteiger partial charge is 0.305 e. The van der Waals surface area contributed by atoms with Crippen LogP contribution in [0, 0.1) is 16.7 Å². The molecule has 1 rings (SSSR count). The van der Waals surface area contributed by atoms with Crippen LogP contribution in [0.25, 0.3) is 0 Å². The van der Waals surface area contributed by atoms with Gasteiger partial charge in [0, 0.05) is 11.5 Å². The van der Waals surface area contributed by atoms with E-state index in [9.17, 15) is 9.59 Å². The number of amides is 1. The van der Waals surface area contributed by atoms with Crippen molar-refractivity contribution in [3.63, 3.8) is 0 Å². The maximum Gasteiger partial charge on any atom is 0.305 e. The minimum absolute atomic E-state index is 0.0441. The van der Waals surface area contributed by atoms with E-state index >= 15 is 0 Å². The molecule has 1 aliphatic rings. The molecule has 0 aromatic carbocycles. The van der Waals surface area contributed by atoms with Crippen LogP contribution in [0.1, 0.15) is 53.9 Å². The molecule has 0 bridgehead atoms. The molecular formula is C16H30N2O3. The largest absolute Gasteiger partial charge is 0.481 e. The number of carboxylic acids is 1. The molecule has 0 aromatic rings. The number of carboxylic acid groups (broad SMARTS) is 1. The lowest BCUT2D eigenvalue weighted by atomic mass is 9.73. The van der Waals surface area contributed by atoms with Crippen molar-refractivity contribution in [3.05, 3.63) is 0 Å². The van der Waals surface area contributed by atoms with Crippen LogP contribution < -0.4 is 10.6 Å². The Kier molecular flexibility index (Phi) is 5.79. The number of piperidine rings is 1. The average Bonchev–Trinajstić information content (AvgIpc) is 2.37. The van der Waals surface area contributed by atoms with E-state index < -0.39 is 11.4 Å². The Bertz CT molecular complexity index is 379. The van der Waals surface area contributed by atoms with E-state index in [4.69, 9.17) is 5.11 Å². The molecule has 1 fully saturated rings. The second-order valence-electron chi connectivity index (χ2n) is 7.75. The van der Waals surface area contributed by atoms with Crippen molar-refractivity contribution in [2.75, 3.05) is 13.1 Å². The number of rotatable bonds is 5. The molecule has 1 aliphatic heterocycles. The summed E-state index contributed by atoms with van der Waals surface area (Å²) in [7, 11) is 0. The van der Waals surface area contributed by atoms with Crippen molar-refractivity contribution in [2.45, 2.75) is 59.9 Å². The van der Waals surface area contributed by atoms with Crippen molar-refractivity contribution in [2.24, 2.45) is 16.7 Å². The van der Waals surface area contributed by atoms with Crippen molar-refractivity contribution >= 4 is 11.9 Å². The lowest BCUT2D eigenvalue weighted by molar-refractivity contribution is -0.139. The highest BCUT2D eigenvalue weighted by atomic mass is 16.4. The molecule has 0 saturated carbocycles. The van der Waals surface area contributed by atoms with E-state index in [-0.39, 0.29) is 29.7 Å². The molecule has 0 aromatic heterocycles. The van der Waals surface area contributed by atoms with Gasteiger partial charge in [0.05, 0.1) is 6.42 Å². The summed E-state index contributed by atoms with van der Waals surface area (Å²) in [6.07, 6.45) is 2.07. The van der Waals surface area contributed by atoms with E-state index in [0.29, 0.717) is 0 Å². The van der Waals surface area contributed by atoms with Gasteiger partial charge in [-0.2, -0.15) is 0 Å². The monoisotopic (exact) mass is 298 g/mol. The van der Waals surface area contributed by atoms with Crippen LogP contribution in [0.15, 0.2) is 0 Å². The second kappa shape index (κ2) is 6.77. The molecule has 1 amide bonds. The fraction of sp³-hybridized carbons (Fsp3) is 0.875. The summed E-state index contributed by atoms with van der Waals surface area (Å²) in [4.78, 5) is 23.7. The summed E-state index contributed by atoms with van der Waals surface area (Å²) in [5, 5.41) is 15.4. The highest BCUT2D eigenvalue weighted by Crippen LogP contribution is 2.33. The Morgan fingerprint density at radius 1 is 1.29 bits per heavy atom. The van der Waals surface area contributed by atoms with Gasteiger partial charge in [0.2, 0.25) is 5.91 Å². The third kappa shape index (κ3) is 4.99. The molecule has 3 N–H and O–H groups in total. The van der Waals surface area contributed by atoms with E-state index in [0.717, 1.165) is 25.9 Å². The number of nitrogens with one attached hydrogen (secondary N) is 2. The zero-order chi connectivity index (χ0) is 16.3. The van der Waals surface area contributed by atoms with Gasteiger partial charge in [-0.3, -0.25) is 9.59 Å². The molecule has 21 heavy (non-hydrogen) atoms. The number of aliphatic carboxylic acids is 1. The van der Waals surface area contributed by atoms with Crippen molar-refractivity contribution in [3.8, 4) is 0 Å². The second-order valence-corrected chi connectivity index (χ2v) is 7.75. The Morgan fingerprint density at radius 3 is 2.33 bits per heavy atom. The summed E-state index contributed by atoms with van der Waals surface area (Å²) in [6.45, 7) is 11.6. The van der Waals surface area contributed by atoms with Gasteiger partial charge < -0.3 is 15.7 Å². The summed E-state index contributed by atoms with van der Waals surface area (Å²) in [5.41, 5.74) is -0.773. The SMILES string of the molecule is CC(C)(C)C(CC(=O)O)NC(=O)C(C)(C)C1CCCNC1. The third-order valence-electron chi connectivity index (χ3n) is 4.63. The Balaban J connectivity index is 2.77. The minimum Gasteiger partial charge on any atom is -0.481 e. The first-order chi connectivity index (χ1) is 9.55. The van der Waals surface area contributed by atoms with E-state index in [1.165, 1.54) is 0 Å². The first-order valence-electron chi connectivity index (χ1n) is 7.78. The predicted octanol–water partition coefficient (Wildman–Crippen LogP) is 2.02. The van der Waals surface area contributed by atoms with Gasteiger partial charge in [-0.05, 0) is 37.3 Å². The fourth-order valence-corrected chi connectivity index (χ4v) is 2.75. The normalized spacial score (nSPS) is 21.7. The number of carbonyl (C=O) groups excluding carboxylic acids is 1. The van der Waals surface area contributed by atoms with Gasteiger partial charge in [0.15, 0.2) is 0 Å². The molecule has 2 atom stereocenters. The maximum absolute atomic E-state index is 12.7. The van der Waals surface area contributed by atoms with Gasteiger partial charge in [-0.1, -0.05) is 34.6 Å². The molecule has 0 aliphatic carbocycles. The third-order valence-corrected chi connectivity index (χ3v) is 4.63. The predicted molar refractivity (Wildman–Crippen MR) is 83.0 cm³/mol. The number of carbonyl (C=O) groups is 2. The first-order valence-corrected chi connectivity index (χ1v) is 7.78. The molecule has 2 unspecified atom stereocenters. The highest BCUT2D eigenvalue weighted by molar-refractivity contribution is 5.83.